The number of rotatable bonds is 6. The summed E-state index contributed by atoms with van der Waals surface area (Å²) in [5.74, 6) is 3.77. The minimum Gasteiger partial charge on any atom is -0.333 e. The van der Waals surface area contributed by atoms with Gasteiger partial charge in [-0.25, -0.2) is 0 Å². The molecule has 29 heavy (non-hydrogen) atoms. The van der Waals surface area contributed by atoms with E-state index >= 15 is 0 Å². The second-order valence-corrected chi connectivity index (χ2v) is 10.5. The molecule has 4 saturated carbocycles. The Labute approximate surface area is 179 Å². The lowest BCUT2D eigenvalue weighted by molar-refractivity contribution is -0.0731. The molecule has 2 nitrogen and oxygen atoms in total. The third-order valence-corrected chi connectivity index (χ3v) is 8.57. The summed E-state index contributed by atoms with van der Waals surface area (Å²) in [7, 11) is 0. The fourth-order valence-corrected chi connectivity index (χ4v) is 7.55. The monoisotopic (exact) mass is 405 g/mol. The van der Waals surface area contributed by atoms with E-state index in [0.717, 1.165) is 35.6 Å². The van der Waals surface area contributed by atoms with Crippen LogP contribution in [0.3, 0.4) is 0 Å². The maximum atomic E-state index is 13.5. The highest BCUT2D eigenvalue weighted by atomic mass is 32.2. The number of benzene rings is 2. The van der Waals surface area contributed by atoms with E-state index in [1.54, 1.807) is 0 Å². The maximum Gasteiger partial charge on any atom is 0.254 e. The van der Waals surface area contributed by atoms with Crippen molar-refractivity contribution < 1.29 is 4.79 Å². The van der Waals surface area contributed by atoms with Gasteiger partial charge < -0.3 is 4.90 Å². The largest absolute Gasteiger partial charge is 0.333 e. The van der Waals surface area contributed by atoms with Gasteiger partial charge in [0.15, 0.2) is 0 Å². The number of carbonyl (C=O) groups is 1. The van der Waals surface area contributed by atoms with Crippen molar-refractivity contribution in [1.29, 1.82) is 0 Å². The molecular formula is C26H31NOS. The van der Waals surface area contributed by atoms with E-state index < -0.39 is 0 Å². The van der Waals surface area contributed by atoms with Crippen LogP contribution in [0, 0.1) is 17.8 Å². The SMILES string of the molecule is CCN(C(=O)c1ccc(CSc2ccccc2)cc1)C12CC3CC(CC(C3)C1)C2. The van der Waals surface area contributed by atoms with Gasteiger partial charge in [0.2, 0.25) is 0 Å². The molecular weight excluding hydrogens is 374 g/mol. The van der Waals surface area contributed by atoms with Crippen molar-refractivity contribution >= 4 is 17.7 Å². The number of hydrogen-bond acceptors (Lipinski definition) is 2. The van der Waals surface area contributed by atoms with Crippen molar-refractivity contribution in [3.8, 4) is 0 Å². The molecule has 0 aromatic heterocycles. The molecule has 1 amide bonds. The summed E-state index contributed by atoms with van der Waals surface area (Å²) < 4.78 is 0. The Morgan fingerprint density at radius 1 is 0.931 bits per heavy atom. The van der Waals surface area contributed by atoms with Gasteiger partial charge >= 0.3 is 0 Å². The van der Waals surface area contributed by atoms with Crippen LogP contribution in [0.4, 0.5) is 0 Å². The lowest BCUT2D eigenvalue weighted by Gasteiger charge is -2.60. The smallest absolute Gasteiger partial charge is 0.254 e. The molecule has 152 valence electrons. The highest BCUT2D eigenvalue weighted by molar-refractivity contribution is 7.98. The molecule has 4 bridgehead atoms. The van der Waals surface area contributed by atoms with E-state index in [-0.39, 0.29) is 11.4 Å². The Balaban J connectivity index is 1.29. The van der Waals surface area contributed by atoms with Crippen LogP contribution in [-0.2, 0) is 5.75 Å². The number of nitrogens with zero attached hydrogens (tertiary/aromatic N) is 1. The van der Waals surface area contributed by atoms with Gasteiger partial charge in [0.25, 0.3) is 5.91 Å². The molecule has 0 spiro atoms. The molecule has 0 N–H and O–H groups in total. The topological polar surface area (TPSA) is 20.3 Å². The van der Waals surface area contributed by atoms with E-state index in [1.807, 2.05) is 30.0 Å². The standard InChI is InChI=1S/C26H31NOS/c1-2-27(26-15-20-12-21(16-26)14-22(13-20)17-26)25(28)23-10-8-19(9-11-23)18-29-24-6-4-3-5-7-24/h3-11,20-22H,2,12-18H2,1H3. The number of hydrogen-bond donors (Lipinski definition) is 0. The Kier molecular flexibility index (Phi) is 5.19. The molecule has 2 aromatic rings. The molecule has 4 aliphatic carbocycles. The molecule has 2 aromatic carbocycles. The highest BCUT2D eigenvalue weighted by Gasteiger charge is 2.54. The summed E-state index contributed by atoms with van der Waals surface area (Å²) in [4.78, 5) is 17.0. The van der Waals surface area contributed by atoms with Crippen LogP contribution in [0.5, 0.6) is 0 Å². The second kappa shape index (κ2) is 7.83. The van der Waals surface area contributed by atoms with Crippen molar-refractivity contribution in [3.63, 3.8) is 0 Å². The van der Waals surface area contributed by atoms with Crippen molar-refractivity contribution in [2.24, 2.45) is 17.8 Å². The molecule has 0 aliphatic heterocycles. The average molecular weight is 406 g/mol. The summed E-state index contributed by atoms with van der Waals surface area (Å²) in [6, 6.07) is 18.9. The molecule has 3 heteroatoms. The van der Waals surface area contributed by atoms with Crippen LogP contribution in [0.1, 0.15) is 61.4 Å². The molecule has 0 unspecified atom stereocenters. The van der Waals surface area contributed by atoms with Gasteiger partial charge in [0.05, 0.1) is 0 Å². The Hall–Kier alpha value is -1.74. The summed E-state index contributed by atoms with van der Waals surface area (Å²) >= 11 is 1.84. The van der Waals surface area contributed by atoms with Gasteiger partial charge in [-0.3, -0.25) is 4.79 Å². The molecule has 4 fully saturated rings. The van der Waals surface area contributed by atoms with Gasteiger partial charge in [0.1, 0.15) is 0 Å². The predicted octanol–water partition coefficient (Wildman–Crippen LogP) is 6.41. The first kappa shape index (κ1) is 19.2. The molecule has 0 atom stereocenters. The third kappa shape index (κ3) is 3.74. The molecule has 0 saturated heterocycles. The first-order chi connectivity index (χ1) is 14.1. The zero-order valence-corrected chi connectivity index (χ0v) is 18.2. The number of carbonyl (C=O) groups excluding carboxylic acids is 1. The molecule has 0 radical (unpaired) electrons. The molecule has 0 heterocycles. The predicted molar refractivity (Wildman–Crippen MR) is 120 cm³/mol. The minimum atomic E-state index is 0.141. The first-order valence-corrected chi connectivity index (χ1v) is 12.2. The van der Waals surface area contributed by atoms with E-state index in [4.69, 9.17) is 0 Å². The van der Waals surface area contributed by atoms with Gasteiger partial charge in [-0.1, -0.05) is 30.3 Å². The number of amides is 1. The van der Waals surface area contributed by atoms with Crippen LogP contribution in [0.15, 0.2) is 59.5 Å². The molecule has 6 rings (SSSR count). The number of thioether (sulfide) groups is 1. The van der Waals surface area contributed by atoms with E-state index in [0.29, 0.717) is 0 Å². The van der Waals surface area contributed by atoms with Crippen LogP contribution in [0.25, 0.3) is 0 Å². The molecule has 4 aliphatic rings. The minimum absolute atomic E-state index is 0.141. The quantitative estimate of drug-likeness (QED) is 0.518. The zero-order chi connectivity index (χ0) is 19.8. The van der Waals surface area contributed by atoms with Crippen LogP contribution in [-0.4, -0.2) is 22.9 Å². The lowest BCUT2D eigenvalue weighted by Crippen LogP contribution is -2.61. The summed E-state index contributed by atoms with van der Waals surface area (Å²) in [5.41, 5.74) is 2.27. The Morgan fingerprint density at radius 2 is 1.52 bits per heavy atom. The second-order valence-electron chi connectivity index (χ2n) is 9.49. The summed E-state index contributed by atoms with van der Waals surface area (Å²) in [6.07, 6.45) is 7.97. The van der Waals surface area contributed by atoms with Gasteiger partial charge in [-0.15, -0.1) is 11.8 Å². The van der Waals surface area contributed by atoms with Gasteiger partial charge in [-0.2, -0.15) is 0 Å². The average Bonchev–Trinajstić information content (AvgIpc) is 2.72. The van der Waals surface area contributed by atoms with Gasteiger partial charge in [-0.05, 0) is 93.0 Å². The lowest BCUT2D eigenvalue weighted by atomic mass is 9.52. The normalized spacial score (nSPS) is 29.8. The summed E-state index contributed by atoms with van der Waals surface area (Å²) in [5, 5.41) is 0. The Morgan fingerprint density at radius 3 is 2.07 bits per heavy atom. The fourth-order valence-electron chi connectivity index (χ4n) is 6.67. The van der Waals surface area contributed by atoms with Crippen LogP contribution >= 0.6 is 11.8 Å². The first-order valence-electron chi connectivity index (χ1n) is 11.2. The third-order valence-electron chi connectivity index (χ3n) is 7.49. The van der Waals surface area contributed by atoms with Crippen molar-refractivity contribution in [2.45, 2.75) is 61.6 Å². The zero-order valence-electron chi connectivity index (χ0n) is 17.3. The van der Waals surface area contributed by atoms with Crippen molar-refractivity contribution in [1.82, 2.24) is 4.90 Å². The van der Waals surface area contributed by atoms with Gasteiger partial charge in [0, 0.05) is 28.3 Å². The maximum absolute atomic E-state index is 13.5. The van der Waals surface area contributed by atoms with Crippen molar-refractivity contribution in [2.75, 3.05) is 6.54 Å². The van der Waals surface area contributed by atoms with Crippen molar-refractivity contribution in [3.05, 3.63) is 65.7 Å². The van der Waals surface area contributed by atoms with Crippen LogP contribution < -0.4 is 0 Å². The fraction of sp³-hybridized carbons (Fsp3) is 0.500. The Bertz CT molecular complexity index is 825. The van der Waals surface area contributed by atoms with E-state index in [2.05, 4.69) is 48.2 Å². The van der Waals surface area contributed by atoms with E-state index in [9.17, 15) is 4.79 Å². The van der Waals surface area contributed by atoms with Crippen LogP contribution in [0.2, 0.25) is 0 Å². The summed E-state index contributed by atoms with van der Waals surface area (Å²) in [6.45, 7) is 3.00. The van der Waals surface area contributed by atoms with E-state index in [1.165, 1.54) is 49.0 Å². The highest BCUT2D eigenvalue weighted by Crippen LogP contribution is 2.57.